The maximum absolute atomic E-state index is 12.1. The van der Waals surface area contributed by atoms with Gasteiger partial charge in [0.25, 0.3) is 0 Å². The van der Waals surface area contributed by atoms with Gasteiger partial charge in [0.1, 0.15) is 0 Å². The average Bonchev–Trinajstić information content (AvgIpc) is 2.42. The minimum Gasteiger partial charge on any atom is -0.397 e. The summed E-state index contributed by atoms with van der Waals surface area (Å²) in [5, 5.41) is 20.5. The van der Waals surface area contributed by atoms with E-state index in [9.17, 15) is 4.79 Å². The van der Waals surface area contributed by atoms with Crippen LogP contribution < -0.4 is 11.1 Å². The number of nitrogen functional groups attached to an aromatic ring is 1. The molecule has 1 atom stereocenters. The number of benzene rings is 1. The molecule has 1 aromatic rings. The molecule has 1 rings (SSSR count). The Morgan fingerprint density at radius 3 is 2.55 bits per heavy atom. The lowest BCUT2D eigenvalue weighted by molar-refractivity contribution is -0.120. The molecule has 0 spiro atoms. The van der Waals surface area contributed by atoms with E-state index in [-0.39, 0.29) is 19.0 Å². The second-order valence-electron chi connectivity index (χ2n) is 4.12. The number of nitriles is 2. The first-order chi connectivity index (χ1) is 9.49. The molecule has 0 aliphatic rings. The zero-order valence-electron chi connectivity index (χ0n) is 10.9. The highest BCUT2D eigenvalue weighted by molar-refractivity contribution is 6.33. The predicted octanol–water partition coefficient (Wildman–Crippen LogP) is 1.60. The fraction of sp³-hybridized carbons (Fsp3) is 0.308. The monoisotopic (exact) mass is 291 g/mol. The van der Waals surface area contributed by atoms with Crippen LogP contribution in [0, 0.1) is 22.7 Å². The Morgan fingerprint density at radius 1 is 1.45 bits per heavy atom. The second kappa shape index (κ2) is 7.34. The molecule has 6 nitrogen and oxygen atoms in total. The van der Waals surface area contributed by atoms with Crippen LogP contribution in [-0.2, 0) is 4.79 Å². The SMILES string of the molecule is CC(C(=O)Nc1ccc(Cl)c(N)c1)N(CC#N)CC#N. The molecular formula is C13H14ClN5O. The van der Waals surface area contributed by atoms with Gasteiger partial charge in [-0.05, 0) is 25.1 Å². The molecule has 0 aromatic heterocycles. The molecule has 20 heavy (non-hydrogen) atoms. The third-order valence-corrected chi connectivity index (χ3v) is 3.08. The highest BCUT2D eigenvalue weighted by Crippen LogP contribution is 2.22. The Morgan fingerprint density at radius 2 is 2.05 bits per heavy atom. The fourth-order valence-electron chi connectivity index (χ4n) is 1.55. The number of nitrogens with zero attached hydrogens (tertiary/aromatic N) is 3. The van der Waals surface area contributed by atoms with E-state index in [1.165, 1.54) is 4.90 Å². The van der Waals surface area contributed by atoms with Gasteiger partial charge in [-0.3, -0.25) is 9.69 Å². The van der Waals surface area contributed by atoms with Crippen LogP contribution in [0.25, 0.3) is 0 Å². The summed E-state index contributed by atoms with van der Waals surface area (Å²) >= 11 is 5.79. The quantitative estimate of drug-likeness (QED) is 0.633. The molecule has 3 N–H and O–H groups in total. The van der Waals surface area contributed by atoms with Gasteiger partial charge in [-0.25, -0.2) is 0 Å². The van der Waals surface area contributed by atoms with E-state index in [1.54, 1.807) is 25.1 Å². The Hall–Kier alpha value is -2.28. The van der Waals surface area contributed by atoms with Crippen LogP contribution in [0.15, 0.2) is 18.2 Å². The third-order valence-electron chi connectivity index (χ3n) is 2.74. The number of amides is 1. The zero-order chi connectivity index (χ0) is 15.1. The third kappa shape index (κ3) is 4.13. The summed E-state index contributed by atoms with van der Waals surface area (Å²) < 4.78 is 0. The maximum Gasteiger partial charge on any atom is 0.241 e. The van der Waals surface area contributed by atoms with Gasteiger partial charge in [-0.1, -0.05) is 11.6 Å². The second-order valence-corrected chi connectivity index (χ2v) is 4.53. The van der Waals surface area contributed by atoms with E-state index in [1.807, 2.05) is 12.1 Å². The minimum atomic E-state index is -0.605. The van der Waals surface area contributed by atoms with Crippen molar-refractivity contribution in [2.45, 2.75) is 13.0 Å². The lowest BCUT2D eigenvalue weighted by atomic mass is 10.2. The van der Waals surface area contributed by atoms with E-state index < -0.39 is 6.04 Å². The molecule has 0 aliphatic heterocycles. The largest absolute Gasteiger partial charge is 0.397 e. The standard InChI is InChI=1S/C13H14ClN5O/c1-9(19(6-4-15)7-5-16)13(20)18-10-2-3-11(14)12(17)8-10/h2-3,8-9H,6-7,17H2,1H3,(H,18,20). The van der Waals surface area contributed by atoms with Gasteiger partial charge in [0.15, 0.2) is 0 Å². The number of carbonyl (C=O) groups is 1. The summed E-state index contributed by atoms with van der Waals surface area (Å²) in [6, 6.07) is 8.00. The van der Waals surface area contributed by atoms with Crippen molar-refractivity contribution in [3.05, 3.63) is 23.2 Å². The van der Waals surface area contributed by atoms with Crippen LogP contribution in [0.2, 0.25) is 5.02 Å². The normalized spacial score (nSPS) is 11.4. The zero-order valence-corrected chi connectivity index (χ0v) is 11.7. The average molecular weight is 292 g/mol. The highest BCUT2D eigenvalue weighted by atomic mass is 35.5. The summed E-state index contributed by atoms with van der Waals surface area (Å²) in [7, 11) is 0. The first-order valence-electron chi connectivity index (χ1n) is 5.83. The van der Waals surface area contributed by atoms with E-state index in [2.05, 4.69) is 5.32 Å². The van der Waals surface area contributed by atoms with Crippen LogP contribution >= 0.6 is 11.6 Å². The number of halogens is 1. The van der Waals surface area contributed by atoms with Crippen LogP contribution in [0.1, 0.15) is 6.92 Å². The van der Waals surface area contributed by atoms with Crippen molar-refractivity contribution in [3.8, 4) is 12.1 Å². The van der Waals surface area contributed by atoms with Crippen molar-refractivity contribution in [1.82, 2.24) is 4.90 Å². The molecule has 0 heterocycles. The summed E-state index contributed by atoms with van der Waals surface area (Å²) in [6.07, 6.45) is 0. The van der Waals surface area contributed by atoms with Gasteiger partial charge >= 0.3 is 0 Å². The Bertz CT molecular complexity index is 559. The van der Waals surface area contributed by atoms with Crippen molar-refractivity contribution < 1.29 is 4.79 Å². The molecule has 0 aliphatic carbocycles. The van der Waals surface area contributed by atoms with Crippen LogP contribution in [0.5, 0.6) is 0 Å². The van der Waals surface area contributed by atoms with Crippen molar-refractivity contribution >= 4 is 28.9 Å². The Kier molecular flexibility index (Phi) is 5.79. The number of rotatable bonds is 5. The topological polar surface area (TPSA) is 106 Å². The minimum absolute atomic E-state index is 0.00486. The van der Waals surface area contributed by atoms with E-state index in [0.29, 0.717) is 16.4 Å². The lowest BCUT2D eigenvalue weighted by Gasteiger charge is -2.23. The number of nitrogens with two attached hydrogens (primary N) is 1. The molecule has 104 valence electrons. The fourth-order valence-corrected chi connectivity index (χ4v) is 1.66. The first kappa shape index (κ1) is 15.8. The molecule has 1 amide bonds. The van der Waals surface area contributed by atoms with Gasteiger partial charge in [0.05, 0.1) is 42.0 Å². The number of hydrogen-bond acceptors (Lipinski definition) is 5. The van der Waals surface area contributed by atoms with Gasteiger partial charge in [-0.15, -0.1) is 0 Å². The van der Waals surface area contributed by atoms with Crippen LogP contribution in [0.4, 0.5) is 11.4 Å². The van der Waals surface area contributed by atoms with Gasteiger partial charge < -0.3 is 11.1 Å². The van der Waals surface area contributed by atoms with Gasteiger partial charge in [0, 0.05) is 5.69 Å². The smallest absolute Gasteiger partial charge is 0.241 e. The Labute approximate surface area is 122 Å². The Balaban J connectivity index is 2.76. The van der Waals surface area contributed by atoms with Crippen molar-refractivity contribution in [1.29, 1.82) is 10.5 Å². The van der Waals surface area contributed by atoms with Gasteiger partial charge in [-0.2, -0.15) is 10.5 Å². The first-order valence-corrected chi connectivity index (χ1v) is 6.21. The molecule has 0 saturated carbocycles. The summed E-state index contributed by atoms with van der Waals surface area (Å²) in [5.41, 5.74) is 6.52. The molecule has 0 radical (unpaired) electrons. The number of nitrogens with one attached hydrogen (secondary N) is 1. The van der Waals surface area contributed by atoms with Crippen LogP contribution in [0.3, 0.4) is 0 Å². The van der Waals surface area contributed by atoms with Crippen molar-refractivity contribution in [2.24, 2.45) is 0 Å². The van der Waals surface area contributed by atoms with E-state index in [0.717, 1.165) is 0 Å². The predicted molar refractivity (Wildman–Crippen MR) is 76.8 cm³/mol. The summed E-state index contributed by atoms with van der Waals surface area (Å²) in [6.45, 7) is 1.64. The number of hydrogen-bond donors (Lipinski definition) is 2. The molecule has 0 saturated heterocycles. The van der Waals surface area contributed by atoms with Gasteiger partial charge in [0.2, 0.25) is 5.91 Å². The van der Waals surface area contributed by atoms with Crippen LogP contribution in [-0.4, -0.2) is 29.9 Å². The number of carbonyl (C=O) groups excluding carboxylic acids is 1. The molecule has 1 aromatic carbocycles. The molecule has 0 bridgehead atoms. The molecule has 0 fully saturated rings. The highest BCUT2D eigenvalue weighted by Gasteiger charge is 2.21. The summed E-state index contributed by atoms with van der Waals surface area (Å²) in [5.74, 6) is -0.322. The summed E-state index contributed by atoms with van der Waals surface area (Å²) in [4.78, 5) is 13.5. The molecular weight excluding hydrogens is 278 g/mol. The molecule has 7 heteroatoms. The van der Waals surface area contributed by atoms with Crippen molar-refractivity contribution in [3.63, 3.8) is 0 Å². The number of anilines is 2. The maximum atomic E-state index is 12.1. The van der Waals surface area contributed by atoms with Crippen molar-refractivity contribution in [2.75, 3.05) is 24.1 Å². The van der Waals surface area contributed by atoms with E-state index >= 15 is 0 Å². The molecule has 1 unspecified atom stereocenters. The van der Waals surface area contributed by atoms with E-state index in [4.69, 9.17) is 27.9 Å². The lowest BCUT2D eigenvalue weighted by Crippen LogP contribution is -2.42.